The zero-order valence-corrected chi connectivity index (χ0v) is 16.3. The normalized spacial score (nSPS) is 11.6. The second-order valence-electron chi connectivity index (χ2n) is 6.00. The first-order chi connectivity index (χ1) is 13.9. The first kappa shape index (κ1) is 19.3. The van der Waals surface area contributed by atoms with E-state index in [1.54, 1.807) is 11.7 Å². The van der Waals surface area contributed by atoms with Crippen LogP contribution in [0.3, 0.4) is 0 Å². The van der Waals surface area contributed by atoms with Crippen molar-refractivity contribution in [1.82, 2.24) is 14.5 Å². The smallest absolute Gasteiger partial charge is 0.420 e. The maximum Gasteiger partial charge on any atom is 0.487 e. The minimum Gasteiger partial charge on any atom is -0.420 e. The van der Waals surface area contributed by atoms with Gasteiger partial charge in [-0.05, 0) is 36.4 Å². The number of fused-ring (bicyclic) bond motifs is 1. The summed E-state index contributed by atoms with van der Waals surface area (Å²) < 4.78 is 31.4. The highest BCUT2D eigenvalue weighted by Crippen LogP contribution is 2.28. The molecule has 0 unspecified atom stereocenters. The van der Waals surface area contributed by atoms with E-state index in [2.05, 4.69) is 20.0 Å². The summed E-state index contributed by atoms with van der Waals surface area (Å²) in [6.07, 6.45) is 1.70. The molecule has 4 aromatic rings. The third-order valence-corrected chi connectivity index (χ3v) is 4.83. The third-order valence-electron chi connectivity index (χ3n) is 3.98. The maximum absolute atomic E-state index is 12.7. The van der Waals surface area contributed by atoms with Crippen molar-refractivity contribution in [2.24, 2.45) is 0 Å². The van der Waals surface area contributed by atoms with Crippen molar-refractivity contribution in [2.75, 3.05) is 5.32 Å². The molecule has 10 heteroatoms. The lowest BCUT2D eigenvalue weighted by Crippen LogP contribution is -2.19. The second-order valence-corrected chi connectivity index (χ2v) is 7.32. The predicted octanol–water partition coefficient (Wildman–Crippen LogP) is 4.97. The molecule has 1 N–H and O–H groups in total. The van der Waals surface area contributed by atoms with Crippen LogP contribution in [0.4, 0.5) is 14.5 Å². The fraction of sp³-hybridized carbons (Fsp3) is 0.105. The van der Waals surface area contributed by atoms with Crippen molar-refractivity contribution in [3.8, 4) is 16.5 Å². The number of alkyl halides is 3. The Morgan fingerprint density at radius 1 is 1.21 bits per heavy atom. The molecular weight excluding hydrogens is 422 g/mol. The summed E-state index contributed by atoms with van der Waals surface area (Å²) in [7, 11) is 0. The van der Waals surface area contributed by atoms with Crippen molar-refractivity contribution < 1.29 is 18.3 Å². The maximum atomic E-state index is 12.7. The van der Waals surface area contributed by atoms with Gasteiger partial charge in [-0.1, -0.05) is 12.1 Å². The fourth-order valence-electron chi connectivity index (χ4n) is 2.83. The van der Waals surface area contributed by atoms with Crippen LogP contribution in [0.5, 0.6) is 5.75 Å². The molecular formula is C19H13ClF2N4O2S. The van der Waals surface area contributed by atoms with Gasteiger partial charge < -0.3 is 14.6 Å². The lowest BCUT2D eigenvalue weighted by molar-refractivity contribution is -0.116. The van der Waals surface area contributed by atoms with Crippen LogP contribution in [0.25, 0.3) is 21.7 Å². The van der Waals surface area contributed by atoms with Gasteiger partial charge in [0, 0.05) is 23.5 Å². The summed E-state index contributed by atoms with van der Waals surface area (Å²) in [4.78, 5) is 22.2. The van der Waals surface area contributed by atoms with Gasteiger partial charge in [0.2, 0.25) is 5.91 Å². The van der Waals surface area contributed by atoms with Crippen LogP contribution in [-0.2, 0) is 11.3 Å². The number of amides is 1. The molecule has 1 amide bonds. The van der Waals surface area contributed by atoms with Crippen molar-refractivity contribution in [1.29, 1.82) is 0 Å². The lowest BCUT2D eigenvalue weighted by atomic mass is 10.3. The SMILES string of the molecule is O=C(Cn1c(-c2cncs2)nc2ccccc21)Nc1ccc(OC(F)(F)Cl)cc1. The van der Waals surface area contributed by atoms with E-state index in [0.717, 1.165) is 15.9 Å². The lowest BCUT2D eigenvalue weighted by Gasteiger charge is -2.12. The molecule has 0 spiro atoms. The number of nitrogens with zero attached hydrogens (tertiary/aromatic N) is 3. The summed E-state index contributed by atoms with van der Waals surface area (Å²) in [5, 5.41) is 2.73. The Bertz CT molecular complexity index is 1140. The highest BCUT2D eigenvalue weighted by Gasteiger charge is 2.27. The number of rotatable bonds is 6. The number of hydrogen-bond acceptors (Lipinski definition) is 5. The van der Waals surface area contributed by atoms with Crippen LogP contribution in [0.2, 0.25) is 0 Å². The fourth-order valence-corrected chi connectivity index (χ4v) is 3.54. The van der Waals surface area contributed by atoms with E-state index in [4.69, 9.17) is 11.6 Å². The first-order valence-electron chi connectivity index (χ1n) is 8.39. The molecule has 4 rings (SSSR count). The monoisotopic (exact) mass is 434 g/mol. The largest absolute Gasteiger partial charge is 0.487 e. The first-order valence-corrected chi connectivity index (χ1v) is 9.64. The van der Waals surface area contributed by atoms with Crippen LogP contribution >= 0.6 is 22.9 Å². The van der Waals surface area contributed by atoms with Gasteiger partial charge >= 0.3 is 5.57 Å². The number of anilines is 1. The Hall–Kier alpha value is -3.04. The van der Waals surface area contributed by atoms with Crippen LogP contribution < -0.4 is 10.1 Å². The summed E-state index contributed by atoms with van der Waals surface area (Å²) >= 11 is 6.17. The minimum absolute atomic E-state index is 0.0196. The van der Waals surface area contributed by atoms with Gasteiger partial charge in [-0.3, -0.25) is 9.78 Å². The molecule has 0 saturated carbocycles. The number of ether oxygens (including phenoxy) is 1. The minimum atomic E-state index is -3.79. The van der Waals surface area contributed by atoms with Crippen LogP contribution in [0.15, 0.2) is 60.2 Å². The molecule has 0 atom stereocenters. The molecule has 0 saturated heterocycles. The molecule has 0 aliphatic rings. The number of hydrogen-bond donors (Lipinski definition) is 1. The standard InChI is InChI=1S/C19H13ClF2N4O2S/c20-19(21,22)28-13-7-5-12(6-8-13)24-17(27)10-26-15-4-2-1-3-14(15)25-18(26)16-9-23-11-29-16/h1-9,11H,10H2,(H,24,27). The molecule has 0 aliphatic heterocycles. The number of thiazole rings is 1. The Kier molecular flexibility index (Phi) is 5.16. The average molecular weight is 435 g/mol. The summed E-state index contributed by atoms with van der Waals surface area (Å²) in [5.41, 5.74) is -0.0664. The van der Waals surface area contributed by atoms with Crippen LogP contribution in [0.1, 0.15) is 0 Å². The summed E-state index contributed by atoms with van der Waals surface area (Å²) in [6, 6.07) is 13.0. The molecule has 29 heavy (non-hydrogen) atoms. The van der Waals surface area contributed by atoms with Crippen LogP contribution in [-0.4, -0.2) is 26.0 Å². The highest BCUT2D eigenvalue weighted by atomic mass is 35.5. The predicted molar refractivity (Wildman–Crippen MR) is 107 cm³/mol. The molecule has 2 aromatic carbocycles. The van der Waals surface area contributed by atoms with Crippen molar-refractivity contribution in [2.45, 2.75) is 12.1 Å². The van der Waals surface area contributed by atoms with E-state index < -0.39 is 5.57 Å². The zero-order chi connectivity index (χ0) is 20.4. The second kappa shape index (κ2) is 7.76. The van der Waals surface area contributed by atoms with E-state index in [1.807, 2.05) is 28.8 Å². The number of halogens is 3. The number of imidazole rings is 1. The molecule has 148 valence electrons. The van der Waals surface area contributed by atoms with E-state index in [1.165, 1.54) is 35.6 Å². The third kappa shape index (κ3) is 4.52. The topological polar surface area (TPSA) is 69.0 Å². The number of carbonyl (C=O) groups excluding carboxylic acids is 1. The quantitative estimate of drug-likeness (QED) is 0.435. The van der Waals surface area contributed by atoms with Gasteiger partial charge in [-0.2, -0.15) is 0 Å². The van der Waals surface area contributed by atoms with Gasteiger partial charge in [-0.25, -0.2) is 4.98 Å². The van der Waals surface area contributed by atoms with E-state index in [9.17, 15) is 13.6 Å². The number of carbonyl (C=O) groups is 1. The summed E-state index contributed by atoms with van der Waals surface area (Å²) in [5.74, 6) is 0.239. The van der Waals surface area contributed by atoms with Gasteiger partial charge in [0.15, 0.2) is 5.82 Å². The molecule has 0 bridgehead atoms. The van der Waals surface area contributed by atoms with Gasteiger partial charge in [-0.15, -0.1) is 20.1 Å². The highest BCUT2D eigenvalue weighted by molar-refractivity contribution is 7.13. The van der Waals surface area contributed by atoms with Crippen molar-refractivity contribution in [3.05, 3.63) is 60.2 Å². The Morgan fingerprint density at radius 2 is 1.97 bits per heavy atom. The number of aromatic nitrogens is 3. The van der Waals surface area contributed by atoms with E-state index in [0.29, 0.717) is 11.5 Å². The summed E-state index contributed by atoms with van der Waals surface area (Å²) in [6.45, 7) is 0.0196. The molecule has 0 fully saturated rings. The molecule has 0 aliphatic carbocycles. The molecule has 2 heterocycles. The van der Waals surface area contributed by atoms with Crippen LogP contribution in [0, 0.1) is 0 Å². The van der Waals surface area contributed by atoms with E-state index >= 15 is 0 Å². The van der Waals surface area contributed by atoms with E-state index in [-0.39, 0.29) is 18.2 Å². The Labute approximate surface area is 172 Å². The Balaban J connectivity index is 1.54. The van der Waals surface area contributed by atoms with Gasteiger partial charge in [0.1, 0.15) is 12.3 Å². The Morgan fingerprint density at radius 3 is 2.66 bits per heavy atom. The van der Waals surface area contributed by atoms with Crippen molar-refractivity contribution in [3.63, 3.8) is 0 Å². The van der Waals surface area contributed by atoms with Gasteiger partial charge in [0.05, 0.1) is 21.4 Å². The van der Waals surface area contributed by atoms with Crippen molar-refractivity contribution >= 4 is 45.6 Å². The molecule has 6 nitrogen and oxygen atoms in total. The molecule has 2 aromatic heterocycles. The average Bonchev–Trinajstić information content (AvgIpc) is 3.30. The zero-order valence-electron chi connectivity index (χ0n) is 14.7. The number of nitrogens with one attached hydrogen (secondary N) is 1. The molecule has 0 radical (unpaired) electrons. The number of benzene rings is 2. The number of para-hydroxylation sites is 2. The van der Waals surface area contributed by atoms with Gasteiger partial charge in [0.25, 0.3) is 0 Å².